The topological polar surface area (TPSA) is 103 Å². The van der Waals surface area contributed by atoms with Gasteiger partial charge in [-0.3, -0.25) is 10.1 Å². The summed E-state index contributed by atoms with van der Waals surface area (Å²) in [5.74, 6) is -1.08. The van der Waals surface area contributed by atoms with Crippen LogP contribution in [-0.2, 0) is 9.53 Å². The standard InChI is InChI=1S/C20H21ClN2O6/c1-11-5-6-15(12(2)7-11)22-20(26)23-17(24)10-29-19(25)13-8-14(21)18(28-4)16(9-13)27-3/h5-9H,10H2,1-4H3,(H2,22,23,24,26). The first-order valence-corrected chi connectivity index (χ1v) is 8.89. The first-order chi connectivity index (χ1) is 13.7. The van der Waals surface area contributed by atoms with Crippen LogP contribution in [0, 0.1) is 13.8 Å². The monoisotopic (exact) mass is 420 g/mol. The number of halogens is 1. The summed E-state index contributed by atoms with van der Waals surface area (Å²) in [6, 6.07) is 7.43. The van der Waals surface area contributed by atoms with Gasteiger partial charge >= 0.3 is 12.0 Å². The number of urea groups is 1. The number of esters is 1. The second-order valence-corrected chi connectivity index (χ2v) is 6.50. The Labute approximate surface area is 173 Å². The number of imide groups is 1. The zero-order valence-electron chi connectivity index (χ0n) is 16.4. The van der Waals surface area contributed by atoms with Crippen LogP contribution < -0.4 is 20.1 Å². The number of carbonyl (C=O) groups is 3. The molecule has 0 aliphatic carbocycles. The summed E-state index contributed by atoms with van der Waals surface area (Å²) in [7, 11) is 2.81. The van der Waals surface area contributed by atoms with Gasteiger partial charge in [-0.05, 0) is 37.6 Å². The highest BCUT2D eigenvalue weighted by atomic mass is 35.5. The third-order valence-corrected chi connectivity index (χ3v) is 4.17. The molecule has 2 N–H and O–H groups in total. The number of amides is 3. The molecule has 0 saturated carbocycles. The Morgan fingerprint density at radius 1 is 1.03 bits per heavy atom. The average Bonchev–Trinajstić information content (AvgIpc) is 2.67. The van der Waals surface area contributed by atoms with Crippen molar-refractivity contribution in [3.63, 3.8) is 0 Å². The summed E-state index contributed by atoms with van der Waals surface area (Å²) < 4.78 is 15.1. The molecule has 0 heterocycles. The highest BCUT2D eigenvalue weighted by Crippen LogP contribution is 2.36. The van der Waals surface area contributed by atoms with Crippen LogP contribution in [0.2, 0.25) is 5.02 Å². The number of methoxy groups -OCH3 is 2. The van der Waals surface area contributed by atoms with Crippen molar-refractivity contribution < 1.29 is 28.6 Å². The SMILES string of the molecule is COc1cc(C(=O)OCC(=O)NC(=O)Nc2ccc(C)cc2C)cc(Cl)c1OC. The van der Waals surface area contributed by atoms with Crippen molar-refractivity contribution in [1.82, 2.24) is 5.32 Å². The zero-order chi connectivity index (χ0) is 21.6. The molecule has 0 spiro atoms. The zero-order valence-corrected chi connectivity index (χ0v) is 17.2. The third kappa shape index (κ3) is 5.86. The summed E-state index contributed by atoms with van der Waals surface area (Å²) >= 11 is 6.04. The minimum Gasteiger partial charge on any atom is -0.493 e. The molecule has 0 aliphatic rings. The second kappa shape index (κ2) is 9.79. The number of rotatable bonds is 6. The second-order valence-electron chi connectivity index (χ2n) is 6.09. The molecule has 0 saturated heterocycles. The maximum absolute atomic E-state index is 12.2. The largest absolute Gasteiger partial charge is 0.493 e. The maximum Gasteiger partial charge on any atom is 0.338 e. The Morgan fingerprint density at radius 2 is 1.76 bits per heavy atom. The number of anilines is 1. The summed E-state index contributed by atoms with van der Waals surface area (Å²) in [6.07, 6.45) is 0. The summed E-state index contributed by atoms with van der Waals surface area (Å²) in [5, 5.41) is 4.81. The summed E-state index contributed by atoms with van der Waals surface area (Å²) in [5.41, 5.74) is 2.54. The fraction of sp³-hybridized carbons (Fsp3) is 0.250. The molecule has 9 heteroatoms. The molecule has 3 amide bonds. The average molecular weight is 421 g/mol. The van der Waals surface area contributed by atoms with Gasteiger partial charge in [-0.25, -0.2) is 9.59 Å². The van der Waals surface area contributed by atoms with E-state index in [1.165, 1.54) is 26.4 Å². The van der Waals surface area contributed by atoms with E-state index in [4.69, 9.17) is 25.8 Å². The number of benzene rings is 2. The Hall–Kier alpha value is -3.26. The van der Waals surface area contributed by atoms with Gasteiger partial charge in [-0.2, -0.15) is 0 Å². The van der Waals surface area contributed by atoms with Gasteiger partial charge in [0.2, 0.25) is 0 Å². The minimum absolute atomic E-state index is 0.0696. The molecule has 2 rings (SSSR count). The van der Waals surface area contributed by atoms with Crippen LogP contribution in [0.5, 0.6) is 11.5 Å². The van der Waals surface area contributed by atoms with E-state index in [0.29, 0.717) is 5.69 Å². The van der Waals surface area contributed by atoms with Crippen molar-refractivity contribution in [3.8, 4) is 11.5 Å². The predicted molar refractivity (Wildman–Crippen MR) is 108 cm³/mol. The van der Waals surface area contributed by atoms with Crippen LogP contribution in [-0.4, -0.2) is 38.7 Å². The molecule has 0 radical (unpaired) electrons. The van der Waals surface area contributed by atoms with Crippen molar-refractivity contribution in [2.24, 2.45) is 0 Å². The molecule has 2 aromatic carbocycles. The lowest BCUT2D eigenvalue weighted by atomic mass is 10.1. The summed E-state index contributed by atoms with van der Waals surface area (Å²) in [6.45, 7) is 3.12. The number of nitrogens with one attached hydrogen (secondary N) is 2. The van der Waals surface area contributed by atoms with Gasteiger partial charge in [-0.1, -0.05) is 29.3 Å². The fourth-order valence-electron chi connectivity index (χ4n) is 2.52. The molecule has 29 heavy (non-hydrogen) atoms. The number of aryl methyl sites for hydroxylation is 2. The van der Waals surface area contributed by atoms with Gasteiger partial charge in [0.15, 0.2) is 18.1 Å². The molecule has 2 aromatic rings. The molecule has 154 valence electrons. The minimum atomic E-state index is -0.808. The van der Waals surface area contributed by atoms with E-state index >= 15 is 0 Å². The van der Waals surface area contributed by atoms with E-state index in [1.807, 2.05) is 26.0 Å². The Balaban J connectivity index is 1.92. The smallest absolute Gasteiger partial charge is 0.338 e. The molecule has 0 bridgehead atoms. The van der Waals surface area contributed by atoms with Crippen LogP contribution in [0.25, 0.3) is 0 Å². The number of ether oxygens (including phenoxy) is 3. The van der Waals surface area contributed by atoms with E-state index in [2.05, 4.69) is 10.6 Å². The van der Waals surface area contributed by atoms with E-state index in [9.17, 15) is 14.4 Å². The molecular formula is C20H21ClN2O6. The number of hydrogen-bond acceptors (Lipinski definition) is 6. The number of carbonyl (C=O) groups excluding carboxylic acids is 3. The third-order valence-electron chi connectivity index (χ3n) is 3.89. The normalized spacial score (nSPS) is 10.1. The van der Waals surface area contributed by atoms with E-state index in [1.54, 1.807) is 6.07 Å². The van der Waals surface area contributed by atoms with Gasteiger partial charge in [0.1, 0.15) is 0 Å². The van der Waals surface area contributed by atoms with Crippen molar-refractivity contribution in [3.05, 3.63) is 52.0 Å². The van der Waals surface area contributed by atoms with Crippen molar-refractivity contribution >= 4 is 35.2 Å². The van der Waals surface area contributed by atoms with Crippen LogP contribution in [0.3, 0.4) is 0 Å². The van der Waals surface area contributed by atoms with Crippen molar-refractivity contribution in [1.29, 1.82) is 0 Å². The van der Waals surface area contributed by atoms with E-state index < -0.39 is 24.5 Å². The highest BCUT2D eigenvalue weighted by Gasteiger charge is 2.18. The lowest BCUT2D eigenvalue weighted by molar-refractivity contribution is -0.123. The van der Waals surface area contributed by atoms with Crippen LogP contribution in [0.15, 0.2) is 30.3 Å². The molecule has 8 nitrogen and oxygen atoms in total. The molecule has 0 aliphatic heterocycles. The summed E-state index contributed by atoms with van der Waals surface area (Å²) in [4.78, 5) is 36.0. The van der Waals surface area contributed by atoms with Crippen LogP contribution in [0.1, 0.15) is 21.5 Å². The van der Waals surface area contributed by atoms with Gasteiger partial charge in [0, 0.05) is 5.69 Å². The number of hydrogen-bond donors (Lipinski definition) is 2. The van der Waals surface area contributed by atoms with Crippen LogP contribution >= 0.6 is 11.6 Å². The molecule has 0 aromatic heterocycles. The highest BCUT2D eigenvalue weighted by molar-refractivity contribution is 6.32. The van der Waals surface area contributed by atoms with Gasteiger partial charge in [-0.15, -0.1) is 0 Å². The molecular weight excluding hydrogens is 400 g/mol. The van der Waals surface area contributed by atoms with Crippen LogP contribution in [0.4, 0.5) is 10.5 Å². The quantitative estimate of drug-likeness (QED) is 0.693. The first-order valence-electron chi connectivity index (χ1n) is 8.52. The Morgan fingerprint density at radius 3 is 2.38 bits per heavy atom. The molecule has 0 atom stereocenters. The van der Waals surface area contributed by atoms with Crippen molar-refractivity contribution in [2.45, 2.75) is 13.8 Å². The van der Waals surface area contributed by atoms with Gasteiger partial charge in [0.25, 0.3) is 5.91 Å². The van der Waals surface area contributed by atoms with E-state index in [-0.39, 0.29) is 22.1 Å². The van der Waals surface area contributed by atoms with Crippen molar-refractivity contribution in [2.75, 3.05) is 26.1 Å². The van der Waals surface area contributed by atoms with Gasteiger partial charge in [0.05, 0.1) is 24.8 Å². The molecule has 0 unspecified atom stereocenters. The maximum atomic E-state index is 12.2. The van der Waals surface area contributed by atoms with Gasteiger partial charge < -0.3 is 19.5 Å². The fourth-order valence-corrected chi connectivity index (χ4v) is 2.81. The van der Waals surface area contributed by atoms with E-state index in [0.717, 1.165) is 11.1 Å². The Bertz CT molecular complexity index is 945. The lowest BCUT2D eigenvalue weighted by Gasteiger charge is -2.12. The predicted octanol–water partition coefficient (Wildman–Crippen LogP) is 3.48. The first kappa shape index (κ1) is 22.0. The molecule has 0 fully saturated rings. The lowest BCUT2D eigenvalue weighted by Crippen LogP contribution is -2.37. The Kier molecular flexibility index (Phi) is 7.44.